The van der Waals surface area contributed by atoms with Crippen molar-refractivity contribution >= 4 is 33.9 Å². The minimum absolute atomic E-state index is 0.244. The number of amides is 1. The van der Waals surface area contributed by atoms with Gasteiger partial charge in [0.2, 0.25) is 0 Å². The van der Waals surface area contributed by atoms with E-state index in [0.717, 1.165) is 16.0 Å². The summed E-state index contributed by atoms with van der Waals surface area (Å²) in [5.41, 5.74) is 5.76. The van der Waals surface area contributed by atoms with Crippen molar-refractivity contribution in [3.05, 3.63) is 23.2 Å². The summed E-state index contributed by atoms with van der Waals surface area (Å²) in [4.78, 5) is 25.0. The van der Waals surface area contributed by atoms with Gasteiger partial charge < -0.3 is 10.5 Å². The predicted molar refractivity (Wildman–Crippen MR) is 54.8 cm³/mol. The van der Waals surface area contributed by atoms with Crippen molar-refractivity contribution in [3.63, 3.8) is 0 Å². The van der Waals surface area contributed by atoms with Crippen LogP contribution in [0, 0.1) is 0 Å². The van der Waals surface area contributed by atoms with E-state index in [4.69, 9.17) is 5.73 Å². The number of hydrogen-bond acceptors (Lipinski definition) is 5. The molecule has 15 heavy (non-hydrogen) atoms. The third-order valence-electron chi connectivity index (χ3n) is 1.75. The fraction of sp³-hybridized carbons (Fsp3) is 0. The minimum Gasteiger partial charge on any atom is -0.429 e. The Morgan fingerprint density at radius 2 is 2.33 bits per heavy atom. The fourth-order valence-corrected chi connectivity index (χ4v) is 1.99. The number of carbonyl (C=O) groups excluding carboxylic acids is 2. The lowest BCUT2D eigenvalue weighted by Gasteiger charge is -1.94. The van der Waals surface area contributed by atoms with E-state index >= 15 is 0 Å². The maximum absolute atomic E-state index is 10.9. The van der Waals surface area contributed by atoms with Crippen LogP contribution in [0.4, 0.5) is 0 Å². The van der Waals surface area contributed by atoms with Crippen molar-refractivity contribution in [3.8, 4) is 5.75 Å². The first-order chi connectivity index (χ1) is 7.20. The molecule has 2 N–H and O–H groups in total. The number of hydrogen-bond donors (Lipinski definition) is 1. The molecule has 6 heteroatoms. The van der Waals surface area contributed by atoms with Crippen LogP contribution in [0.2, 0.25) is 0 Å². The number of benzene rings is 1. The summed E-state index contributed by atoms with van der Waals surface area (Å²) in [6.45, 7) is 0.344. The highest BCUT2D eigenvalue weighted by atomic mass is 32.1. The van der Waals surface area contributed by atoms with E-state index in [1.807, 2.05) is 0 Å². The zero-order valence-electron chi connectivity index (χ0n) is 7.47. The largest absolute Gasteiger partial charge is 0.429 e. The minimum atomic E-state index is -0.561. The molecule has 0 aliphatic rings. The number of nitrogens with two attached hydrogens (primary N) is 1. The molecular formula is C9H6N2O3S. The molecule has 0 radical (unpaired) electrons. The van der Waals surface area contributed by atoms with Crippen molar-refractivity contribution in [2.24, 2.45) is 5.73 Å². The van der Waals surface area contributed by atoms with Crippen LogP contribution in [-0.4, -0.2) is 17.4 Å². The monoisotopic (exact) mass is 222 g/mol. The molecule has 0 unspecified atom stereocenters. The Morgan fingerprint density at radius 1 is 1.53 bits per heavy atom. The predicted octanol–water partition coefficient (Wildman–Crippen LogP) is 0.930. The lowest BCUT2D eigenvalue weighted by atomic mass is 10.3. The summed E-state index contributed by atoms with van der Waals surface area (Å²) in [6.07, 6.45) is 0. The molecule has 1 heterocycles. The number of nitrogens with zero attached hydrogens (tertiary/aromatic N) is 1. The molecular weight excluding hydrogens is 216 g/mol. The second kappa shape index (κ2) is 3.66. The van der Waals surface area contributed by atoms with Gasteiger partial charge in [-0.05, 0) is 12.1 Å². The maximum atomic E-state index is 10.9. The Balaban J connectivity index is 2.51. The molecule has 76 valence electrons. The van der Waals surface area contributed by atoms with E-state index in [2.05, 4.69) is 9.72 Å². The molecule has 1 aromatic heterocycles. The summed E-state index contributed by atoms with van der Waals surface area (Å²) in [5.74, 6) is -0.147. The van der Waals surface area contributed by atoms with Crippen LogP contribution in [0.15, 0.2) is 18.2 Å². The normalized spacial score (nSPS) is 10.1. The molecule has 0 saturated carbocycles. The molecule has 0 saturated heterocycles. The summed E-state index contributed by atoms with van der Waals surface area (Å²) < 4.78 is 5.42. The summed E-state index contributed by atoms with van der Waals surface area (Å²) in [7, 11) is 0. The van der Waals surface area contributed by atoms with E-state index in [1.165, 1.54) is 0 Å². The molecule has 0 aliphatic carbocycles. The van der Waals surface area contributed by atoms with E-state index < -0.39 is 5.91 Å². The van der Waals surface area contributed by atoms with E-state index in [1.54, 1.807) is 18.2 Å². The van der Waals surface area contributed by atoms with Gasteiger partial charge in [-0.3, -0.25) is 9.59 Å². The van der Waals surface area contributed by atoms with Gasteiger partial charge in [0.25, 0.3) is 12.4 Å². The van der Waals surface area contributed by atoms with Gasteiger partial charge in [0.05, 0.1) is 10.2 Å². The molecule has 2 aromatic rings. The highest BCUT2D eigenvalue weighted by Crippen LogP contribution is 2.25. The zero-order valence-corrected chi connectivity index (χ0v) is 8.28. The van der Waals surface area contributed by atoms with E-state index in [0.29, 0.717) is 17.7 Å². The Kier molecular flexibility index (Phi) is 2.34. The van der Waals surface area contributed by atoms with Crippen molar-refractivity contribution in [1.82, 2.24) is 4.98 Å². The van der Waals surface area contributed by atoms with E-state index in [9.17, 15) is 9.59 Å². The van der Waals surface area contributed by atoms with Gasteiger partial charge in [0, 0.05) is 6.07 Å². The molecule has 0 fully saturated rings. The van der Waals surface area contributed by atoms with Crippen molar-refractivity contribution in [2.45, 2.75) is 0 Å². The van der Waals surface area contributed by atoms with Gasteiger partial charge in [-0.15, -0.1) is 11.3 Å². The van der Waals surface area contributed by atoms with Gasteiger partial charge >= 0.3 is 0 Å². The Labute approximate surface area is 88.5 Å². The smallest absolute Gasteiger partial charge is 0.298 e. The van der Waals surface area contributed by atoms with Gasteiger partial charge in [0.1, 0.15) is 5.75 Å². The number of fused-ring (bicyclic) bond motifs is 1. The number of ether oxygens (including phenoxy) is 1. The highest BCUT2D eigenvalue weighted by molar-refractivity contribution is 7.20. The molecule has 0 bridgehead atoms. The second-order valence-electron chi connectivity index (χ2n) is 2.73. The van der Waals surface area contributed by atoms with Gasteiger partial charge in [-0.1, -0.05) is 0 Å². The summed E-state index contributed by atoms with van der Waals surface area (Å²) in [5, 5.41) is 0.244. The SMILES string of the molecule is NC(=O)c1nc2ccc(OC=O)cc2s1. The first kappa shape index (κ1) is 9.60. The topological polar surface area (TPSA) is 82.3 Å². The van der Waals surface area contributed by atoms with Crippen molar-refractivity contribution < 1.29 is 14.3 Å². The second-order valence-corrected chi connectivity index (χ2v) is 3.76. The Hall–Kier alpha value is -1.95. The van der Waals surface area contributed by atoms with Crippen LogP contribution in [-0.2, 0) is 4.79 Å². The molecule has 0 aliphatic heterocycles. The average molecular weight is 222 g/mol. The number of thiazole rings is 1. The third kappa shape index (κ3) is 1.79. The molecule has 1 aromatic carbocycles. The average Bonchev–Trinajstić information content (AvgIpc) is 2.61. The Bertz CT molecular complexity index is 535. The Morgan fingerprint density at radius 3 is 3.00 bits per heavy atom. The zero-order chi connectivity index (χ0) is 10.8. The first-order valence-corrected chi connectivity index (χ1v) is 4.83. The lowest BCUT2D eigenvalue weighted by molar-refractivity contribution is -0.120. The quantitative estimate of drug-likeness (QED) is 0.783. The van der Waals surface area contributed by atoms with Crippen LogP contribution in [0.25, 0.3) is 10.2 Å². The van der Waals surface area contributed by atoms with Gasteiger partial charge in [-0.2, -0.15) is 0 Å². The van der Waals surface area contributed by atoms with Gasteiger partial charge in [0.15, 0.2) is 5.01 Å². The standard InChI is InChI=1S/C9H6N2O3S/c10-8(13)9-11-6-2-1-5(14-4-12)3-7(6)15-9/h1-4H,(H2,10,13). The molecule has 0 atom stereocenters. The third-order valence-corrected chi connectivity index (χ3v) is 2.79. The molecule has 1 amide bonds. The number of primary amides is 1. The van der Waals surface area contributed by atoms with Crippen molar-refractivity contribution in [2.75, 3.05) is 0 Å². The summed E-state index contributed by atoms with van der Waals surface area (Å²) in [6, 6.07) is 4.90. The summed E-state index contributed by atoms with van der Waals surface area (Å²) >= 11 is 1.16. The number of carbonyl (C=O) groups is 2. The van der Waals surface area contributed by atoms with Crippen LogP contribution < -0.4 is 10.5 Å². The first-order valence-electron chi connectivity index (χ1n) is 4.01. The van der Waals surface area contributed by atoms with Crippen LogP contribution in [0.5, 0.6) is 5.75 Å². The number of rotatable bonds is 3. The molecule has 0 spiro atoms. The lowest BCUT2D eigenvalue weighted by Crippen LogP contribution is -2.09. The molecule has 5 nitrogen and oxygen atoms in total. The van der Waals surface area contributed by atoms with Crippen molar-refractivity contribution in [1.29, 1.82) is 0 Å². The molecule has 2 rings (SSSR count). The van der Waals surface area contributed by atoms with Crippen LogP contribution in [0.3, 0.4) is 0 Å². The fourth-order valence-electron chi connectivity index (χ4n) is 1.14. The maximum Gasteiger partial charge on any atom is 0.298 e. The van der Waals surface area contributed by atoms with Crippen LogP contribution in [0.1, 0.15) is 9.80 Å². The van der Waals surface area contributed by atoms with Gasteiger partial charge in [-0.25, -0.2) is 4.98 Å². The van der Waals surface area contributed by atoms with E-state index in [-0.39, 0.29) is 5.01 Å². The highest BCUT2D eigenvalue weighted by Gasteiger charge is 2.08. The number of aromatic nitrogens is 1. The van der Waals surface area contributed by atoms with Crippen LogP contribution >= 0.6 is 11.3 Å².